The number of nitrogens with one attached hydrogen (secondary N) is 2. The van der Waals surface area contributed by atoms with E-state index >= 15 is 0 Å². The maximum atomic E-state index is 12.4. The van der Waals surface area contributed by atoms with Crippen LogP contribution in [0, 0.1) is 0 Å². The van der Waals surface area contributed by atoms with E-state index in [2.05, 4.69) is 15.3 Å². The lowest BCUT2D eigenvalue weighted by Gasteiger charge is -2.13. The highest BCUT2D eigenvalue weighted by Crippen LogP contribution is 2.26. The fraction of sp³-hybridized carbons (Fsp3) is 0.167. The summed E-state index contributed by atoms with van der Waals surface area (Å²) < 4.78 is 5.23. The number of para-hydroxylation sites is 3. The van der Waals surface area contributed by atoms with E-state index in [0.29, 0.717) is 27.5 Å². The van der Waals surface area contributed by atoms with Crippen molar-refractivity contribution in [2.24, 2.45) is 0 Å². The standard InChI is InChI=1S/C18H17N3O3S/c1-11(16(22)19-14-9-5-6-10-15(14)24-2)25-18-20-13-8-4-3-7-12(13)17(23)21-18/h3-11H,1-2H3,(H,19,22)(H,20,21,23). The molecule has 128 valence electrons. The molecule has 1 amide bonds. The monoisotopic (exact) mass is 355 g/mol. The number of hydrogen-bond donors (Lipinski definition) is 2. The molecule has 7 heteroatoms. The topological polar surface area (TPSA) is 84.1 Å². The summed E-state index contributed by atoms with van der Waals surface area (Å²) in [6, 6.07) is 14.3. The number of amides is 1. The zero-order valence-corrected chi connectivity index (χ0v) is 14.6. The smallest absolute Gasteiger partial charge is 0.259 e. The Labute approximate surface area is 148 Å². The molecule has 6 nitrogen and oxygen atoms in total. The summed E-state index contributed by atoms with van der Waals surface area (Å²) in [6.07, 6.45) is 0. The Morgan fingerprint density at radius 1 is 1.20 bits per heavy atom. The first-order valence-electron chi connectivity index (χ1n) is 7.68. The van der Waals surface area contributed by atoms with Gasteiger partial charge in [0.25, 0.3) is 5.56 Å². The number of aromatic amines is 1. The number of nitrogens with zero attached hydrogens (tertiary/aromatic N) is 1. The lowest BCUT2D eigenvalue weighted by Crippen LogP contribution is -2.23. The van der Waals surface area contributed by atoms with Crippen molar-refractivity contribution in [3.63, 3.8) is 0 Å². The molecule has 0 saturated carbocycles. The number of carbonyl (C=O) groups is 1. The van der Waals surface area contributed by atoms with Crippen LogP contribution in [0.4, 0.5) is 5.69 Å². The number of thioether (sulfide) groups is 1. The summed E-state index contributed by atoms with van der Waals surface area (Å²) in [6.45, 7) is 1.75. The maximum absolute atomic E-state index is 12.4. The number of fused-ring (bicyclic) bond motifs is 1. The minimum Gasteiger partial charge on any atom is -0.495 e. The van der Waals surface area contributed by atoms with Crippen LogP contribution in [0.1, 0.15) is 6.92 Å². The molecule has 1 atom stereocenters. The molecule has 0 aliphatic rings. The quantitative estimate of drug-likeness (QED) is 0.543. The number of anilines is 1. The summed E-state index contributed by atoms with van der Waals surface area (Å²) in [5.41, 5.74) is 0.985. The molecule has 0 radical (unpaired) electrons. The van der Waals surface area contributed by atoms with Gasteiger partial charge in [0.05, 0.1) is 29.0 Å². The largest absolute Gasteiger partial charge is 0.495 e. The Balaban J connectivity index is 1.76. The number of carbonyl (C=O) groups excluding carboxylic acids is 1. The first kappa shape index (κ1) is 17.0. The van der Waals surface area contributed by atoms with Crippen molar-refractivity contribution in [2.45, 2.75) is 17.3 Å². The number of methoxy groups -OCH3 is 1. The first-order valence-corrected chi connectivity index (χ1v) is 8.56. The molecule has 0 fully saturated rings. The second-order valence-corrected chi connectivity index (χ2v) is 6.67. The Kier molecular flexibility index (Phi) is 5.04. The summed E-state index contributed by atoms with van der Waals surface area (Å²) in [5, 5.41) is 3.31. The van der Waals surface area contributed by atoms with Crippen molar-refractivity contribution < 1.29 is 9.53 Å². The Bertz CT molecular complexity index is 971. The van der Waals surface area contributed by atoms with Crippen molar-refractivity contribution in [1.29, 1.82) is 0 Å². The van der Waals surface area contributed by atoms with E-state index in [9.17, 15) is 9.59 Å². The fourth-order valence-corrected chi connectivity index (χ4v) is 3.13. The molecule has 1 heterocycles. The molecular weight excluding hydrogens is 338 g/mol. The molecule has 0 spiro atoms. The van der Waals surface area contributed by atoms with Gasteiger partial charge in [0.2, 0.25) is 5.91 Å². The first-order chi connectivity index (χ1) is 12.1. The van der Waals surface area contributed by atoms with Crippen molar-refractivity contribution in [3.8, 4) is 5.75 Å². The van der Waals surface area contributed by atoms with Crippen molar-refractivity contribution >= 4 is 34.3 Å². The van der Waals surface area contributed by atoms with Gasteiger partial charge in [0.15, 0.2) is 5.16 Å². The zero-order valence-electron chi connectivity index (χ0n) is 13.8. The minimum absolute atomic E-state index is 0.203. The van der Waals surface area contributed by atoms with Gasteiger partial charge in [0.1, 0.15) is 5.75 Å². The van der Waals surface area contributed by atoms with Gasteiger partial charge >= 0.3 is 0 Å². The van der Waals surface area contributed by atoms with Crippen LogP contribution in [0.5, 0.6) is 5.75 Å². The molecule has 0 aliphatic heterocycles. The molecule has 0 saturated heterocycles. The zero-order chi connectivity index (χ0) is 17.8. The highest BCUT2D eigenvalue weighted by Gasteiger charge is 2.18. The maximum Gasteiger partial charge on any atom is 0.259 e. The predicted molar refractivity (Wildman–Crippen MR) is 99.3 cm³/mol. The normalized spacial score (nSPS) is 11.9. The van der Waals surface area contributed by atoms with Crippen LogP contribution in [-0.4, -0.2) is 28.2 Å². The number of aromatic nitrogens is 2. The van der Waals surface area contributed by atoms with E-state index in [1.54, 1.807) is 44.4 Å². The molecular formula is C18H17N3O3S. The van der Waals surface area contributed by atoms with E-state index in [1.807, 2.05) is 18.2 Å². The van der Waals surface area contributed by atoms with Crippen LogP contribution in [0.2, 0.25) is 0 Å². The Morgan fingerprint density at radius 2 is 1.92 bits per heavy atom. The van der Waals surface area contributed by atoms with Crippen LogP contribution in [0.15, 0.2) is 58.5 Å². The summed E-state index contributed by atoms with van der Waals surface area (Å²) in [5.74, 6) is 0.385. The summed E-state index contributed by atoms with van der Waals surface area (Å²) >= 11 is 1.19. The molecule has 3 aromatic rings. The van der Waals surface area contributed by atoms with E-state index in [4.69, 9.17) is 4.74 Å². The van der Waals surface area contributed by atoms with Gasteiger partial charge < -0.3 is 15.0 Å². The third-order valence-electron chi connectivity index (χ3n) is 3.61. The number of ether oxygens (including phenoxy) is 1. The van der Waals surface area contributed by atoms with Crippen LogP contribution in [0.3, 0.4) is 0 Å². The third-order valence-corrected chi connectivity index (χ3v) is 4.60. The lowest BCUT2D eigenvalue weighted by atomic mass is 10.2. The molecule has 1 unspecified atom stereocenters. The molecule has 3 rings (SSSR count). The third kappa shape index (κ3) is 3.83. The second-order valence-electron chi connectivity index (χ2n) is 5.34. The number of benzene rings is 2. The molecule has 25 heavy (non-hydrogen) atoms. The van der Waals surface area contributed by atoms with E-state index in [-0.39, 0.29) is 11.5 Å². The van der Waals surface area contributed by atoms with Gasteiger partial charge in [-0.25, -0.2) is 4.98 Å². The van der Waals surface area contributed by atoms with Gasteiger partial charge in [-0.1, -0.05) is 36.0 Å². The van der Waals surface area contributed by atoms with Crippen LogP contribution >= 0.6 is 11.8 Å². The van der Waals surface area contributed by atoms with E-state index < -0.39 is 5.25 Å². The van der Waals surface area contributed by atoms with E-state index in [1.165, 1.54) is 11.8 Å². The Morgan fingerprint density at radius 3 is 2.72 bits per heavy atom. The van der Waals surface area contributed by atoms with Gasteiger partial charge in [-0.05, 0) is 31.2 Å². The van der Waals surface area contributed by atoms with Gasteiger partial charge in [-0.2, -0.15) is 0 Å². The Hall–Kier alpha value is -2.80. The van der Waals surface area contributed by atoms with Crippen LogP contribution in [-0.2, 0) is 4.79 Å². The second kappa shape index (κ2) is 7.40. The minimum atomic E-state index is -0.450. The van der Waals surface area contributed by atoms with Crippen molar-refractivity contribution in [2.75, 3.05) is 12.4 Å². The lowest BCUT2D eigenvalue weighted by molar-refractivity contribution is -0.115. The SMILES string of the molecule is COc1ccccc1NC(=O)C(C)Sc1nc2ccccc2c(=O)[nH]1. The number of H-pyrrole nitrogens is 1. The van der Waals surface area contributed by atoms with Gasteiger partial charge in [0, 0.05) is 0 Å². The molecule has 1 aromatic heterocycles. The number of rotatable bonds is 5. The predicted octanol–water partition coefficient (Wildman–Crippen LogP) is 3.05. The van der Waals surface area contributed by atoms with Gasteiger partial charge in [-0.15, -0.1) is 0 Å². The highest BCUT2D eigenvalue weighted by atomic mass is 32.2. The average molecular weight is 355 g/mol. The molecule has 2 aromatic carbocycles. The fourth-order valence-electron chi connectivity index (χ4n) is 2.32. The molecule has 0 aliphatic carbocycles. The van der Waals surface area contributed by atoms with Crippen molar-refractivity contribution in [1.82, 2.24) is 9.97 Å². The van der Waals surface area contributed by atoms with E-state index in [0.717, 1.165) is 0 Å². The summed E-state index contributed by atoms with van der Waals surface area (Å²) in [7, 11) is 1.55. The summed E-state index contributed by atoms with van der Waals surface area (Å²) in [4.78, 5) is 31.6. The van der Waals surface area contributed by atoms with Crippen molar-refractivity contribution in [3.05, 3.63) is 58.9 Å². The van der Waals surface area contributed by atoms with Crippen LogP contribution in [0.25, 0.3) is 10.9 Å². The molecule has 0 bridgehead atoms. The average Bonchev–Trinajstić information content (AvgIpc) is 2.62. The highest BCUT2D eigenvalue weighted by molar-refractivity contribution is 8.00. The van der Waals surface area contributed by atoms with Crippen LogP contribution < -0.4 is 15.6 Å². The number of hydrogen-bond acceptors (Lipinski definition) is 5. The molecule has 2 N–H and O–H groups in total. The van der Waals surface area contributed by atoms with Gasteiger partial charge in [-0.3, -0.25) is 9.59 Å².